The molecule has 31 heavy (non-hydrogen) atoms. The third kappa shape index (κ3) is 4.15. The number of likely N-dealkylation sites (tertiary alicyclic amines) is 1. The van der Waals surface area contributed by atoms with Crippen molar-refractivity contribution in [3.8, 4) is 0 Å². The molecule has 1 aliphatic rings. The summed E-state index contributed by atoms with van der Waals surface area (Å²) in [6.45, 7) is 4.35. The molecule has 3 heterocycles. The molecule has 0 aliphatic carbocycles. The van der Waals surface area contributed by atoms with Crippen molar-refractivity contribution in [3.05, 3.63) is 95.4 Å². The van der Waals surface area contributed by atoms with E-state index in [-0.39, 0.29) is 5.91 Å². The van der Waals surface area contributed by atoms with Crippen LogP contribution >= 0.6 is 0 Å². The first-order chi connectivity index (χ1) is 15.2. The fourth-order valence-corrected chi connectivity index (χ4v) is 4.75. The van der Waals surface area contributed by atoms with Gasteiger partial charge in [-0.25, -0.2) is 0 Å². The molecule has 1 fully saturated rings. The van der Waals surface area contributed by atoms with Crippen LogP contribution < -0.4 is 0 Å². The number of nitrogens with zero attached hydrogens (tertiary/aromatic N) is 2. The Bertz CT molecular complexity index is 1180. The highest BCUT2D eigenvalue weighted by molar-refractivity contribution is 5.97. The van der Waals surface area contributed by atoms with E-state index in [2.05, 4.69) is 61.5 Å². The largest absolute Gasteiger partial charge is 0.448 e. The van der Waals surface area contributed by atoms with Crippen molar-refractivity contribution in [1.82, 2.24) is 9.47 Å². The number of aromatic nitrogens is 1. The van der Waals surface area contributed by atoms with Crippen molar-refractivity contribution in [2.24, 2.45) is 5.92 Å². The molecular weight excluding hydrogens is 384 g/mol. The van der Waals surface area contributed by atoms with Crippen LogP contribution in [0.25, 0.3) is 11.1 Å². The predicted molar refractivity (Wildman–Crippen MR) is 123 cm³/mol. The van der Waals surface area contributed by atoms with Gasteiger partial charge in [0.1, 0.15) is 5.69 Å². The smallest absolute Gasteiger partial charge is 0.270 e. The first-order valence-corrected chi connectivity index (χ1v) is 11.1. The number of benzene rings is 2. The quantitative estimate of drug-likeness (QED) is 0.423. The van der Waals surface area contributed by atoms with Gasteiger partial charge in [0.2, 0.25) is 5.71 Å². The Labute approximate surface area is 183 Å². The van der Waals surface area contributed by atoms with Crippen LogP contribution in [-0.2, 0) is 13.0 Å². The van der Waals surface area contributed by atoms with E-state index in [4.69, 9.17) is 4.42 Å². The van der Waals surface area contributed by atoms with E-state index < -0.39 is 0 Å². The molecule has 4 heteroatoms. The zero-order valence-corrected chi connectivity index (χ0v) is 18.0. The highest BCUT2D eigenvalue weighted by Crippen LogP contribution is 2.27. The summed E-state index contributed by atoms with van der Waals surface area (Å²) in [4.78, 5) is 15.5. The summed E-state index contributed by atoms with van der Waals surface area (Å²) in [6, 6.07) is 23.0. The zero-order valence-electron chi connectivity index (χ0n) is 18.0. The molecule has 4 nitrogen and oxygen atoms in total. The van der Waals surface area contributed by atoms with E-state index in [0.29, 0.717) is 12.5 Å². The molecule has 1 saturated heterocycles. The average Bonchev–Trinajstić information content (AvgIpc) is 3.37. The first kappa shape index (κ1) is 19.7. The predicted octanol–water partition coefficient (Wildman–Crippen LogP) is 5.69. The summed E-state index contributed by atoms with van der Waals surface area (Å²) in [5.41, 5.74) is 5.26. The molecule has 0 spiro atoms. The van der Waals surface area contributed by atoms with Crippen LogP contribution in [0.2, 0.25) is 0 Å². The van der Waals surface area contributed by atoms with Crippen LogP contribution in [0.3, 0.4) is 0 Å². The number of aryl methyl sites for hydroxylation is 1. The zero-order chi connectivity index (χ0) is 21.2. The molecule has 0 bridgehead atoms. The summed E-state index contributed by atoms with van der Waals surface area (Å²) >= 11 is 0. The van der Waals surface area contributed by atoms with Crippen LogP contribution in [0, 0.1) is 12.8 Å². The van der Waals surface area contributed by atoms with Gasteiger partial charge >= 0.3 is 0 Å². The minimum Gasteiger partial charge on any atom is -0.448 e. The number of rotatable bonds is 5. The van der Waals surface area contributed by atoms with Crippen molar-refractivity contribution < 1.29 is 9.21 Å². The Kier molecular flexibility index (Phi) is 5.37. The SMILES string of the molecule is Cc1cccc(Cn2c(C(=O)N3CCC(Cc4ccccc4)CC3)cc3ccoc32)c1. The first-order valence-electron chi connectivity index (χ1n) is 11.1. The Morgan fingerprint density at radius 3 is 2.52 bits per heavy atom. The molecule has 4 aromatic rings. The van der Waals surface area contributed by atoms with E-state index in [0.717, 1.165) is 49.1 Å². The van der Waals surface area contributed by atoms with Crippen molar-refractivity contribution in [2.45, 2.75) is 32.7 Å². The molecule has 1 amide bonds. The lowest BCUT2D eigenvalue weighted by atomic mass is 9.90. The van der Waals surface area contributed by atoms with Gasteiger partial charge in [0.15, 0.2) is 0 Å². The Morgan fingerprint density at radius 2 is 1.74 bits per heavy atom. The molecule has 1 aliphatic heterocycles. The van der Waals surface area contributed by atoms with Crippen LogP contribution in [0.4, 0.5) is 0 Å². The number of piperidine rings is 1. The number of hydrogen-bond donors (Lipinski definition) is 0. The average molecular weight is 413 g/mol. The lowest BCUT2D eigenvalue weighted by Crippen LogP contribution is -2.39. The third-order valence-electron chi connectivity index (χ3n) is 6.41. The van der Waals surface area contributed by atoms with Gasteiger partial charge in [-0.3, -0.25) is 4.79 Å². The second-order valence-corrected chi connectivity index (χ2v) is 8.71. The van der Waals surface area contributed by atoms with Crippen molar-refractivity contribution >= 4 is 17.0 Å². The van der Waals surface area contributed by atoms with E-state index in [9.17, 15) is 4.79 Å². The fraction of sp³-hybridized carbons (Fsp3) is 0.296. The molecule has 0 unspecified atom stereocenters. The maximum Gasteiger partial charge on any atom is 0.270 e. The molecule has 2 aromatic heterocycles. The maximum atomic E-state index is 13.5. The number of carbonyl (C=O) groups is 1. The summed E-state index contributed by atoms with van der Waals surface area (Å²) in [5, 5.41) is 0.981. The second kappa shape index (κ2) is 8.46. The summed E-state index contributed by atoms with van der Waals surface area (Å²) in [5.74, 6) is 0.749. The van der Waals surface area contributed by atoms with Crippen LogP contribution in [0.1, 0.15) is 40.0 Å². The van der Waals surface area contributed by atoms with Gasteiger partial charge in [-0.05, 0) is 55.4 Å². The van der Waals surface area contributed by atoms with Crippen LogP contribution in [0.15, 0.2) is 77.4 Å². The highest BCUT2D eigenvalue weighted by Gasteiger charge is 2.27. The minimum absolute atomic E-state index is 0.109. The number of carbonyl (C=O) groups excluding carboxylic acids is 1. The van der Waals surface area contributed by atoms with E-state index >= 15 is 0 Å². The molecule has 5 rings (SSSR count). The molecule has 158 valence electrons. The monoisotopic (exact) mass is 412 g/mol. The number of hydrogen-bond acceptors (Lipinski definition) is 2. The van der Waals surface area contributed by atoms with Gasteiger partial charge in [0.25, 0.3) is 5.91 Å². The Morgan fingerprint density at radius 1 is 0.968 bits per heavy atom. The van der Waals surface area contributed by atoms with Gasteiger partial charge in [-0.15, -0.1) is 0 Å². The molecule has 0 saturated carbocycles. The van der Waals surface area contributed by atoms with Gasteiger partial charge < -0.3 is 13.9 Å². The van der Waals surface area contributed by atoms with Crippen molar-refractivity contribution in [3.63, 3.8) is 0 Å². The fourth-order valence-electron chi connectivity index (χ4n) is 4.75. The van der Waals surface area contributed by atoms with Gasteiger partial charge in [0, 0.05) is 18.5 Å². The van der Waals surface area contributed by atoms with Gasteiger partial charge in [-0.2, -0.15) is 0 Å². The van der Waals surface area contributed by atoms with Gasteiger partial charge in [-0.1, -0.05) is 60.2 Å². The van der Waals surface area contributed by atoms with E-state index in [1.54, 1.807) is 6.26 Å². The van der Waals surface area contributed by atoms with Crippen molar-refractivity contribution in [2.75, 3.05) is 13.1 Å². The van der Waals surface area contributed by atoms with Crippen molar-refractivity contribution in [1.29, 1.82) is 0 Å². The topological polar surface area (TPSA) is 38.4 Å². The standard InChI is InChI=1S/C27H28N2O2/c1-20-6-5-9-23(16-20)19-29-25(18-24-12-15-31-27(24)29)26(30)28-13-10-22(11-14-28)17-21-7-3-2-4-8-21/h2-9,12,15-16,18,22H,10-11,13-14,17,19H2,1H3. The summed E-state index contributed by atoms with van der Waals surface area (Å²) in [6.07, 6.45) is 4.89. The van der Waals surface area contributed by atoms with Crippen LogP contribution in [0.5, 0.6) is 0 Å². The Balaban J connectivity index is 1.33. The summed E-state index contributed by atoms with van der Waals surface area (Å²) < 4.78 is 7.78. The number of furan rings is 1. The molecule has 0 atom stereocenters. The molecule has 0 radical (unpaired) electrons. The lowest BCUT2D eigenvalue weighted by molar-refractivity contribution is 0.0680. The van der Waals surface area contributed by atoms with E-state index in [1.165, 1.54) is 16.7 Å². The van der Waals surface area contributed by atoms with Crippen LogP contribution in [-0.4, -0.2) is 28.5 Å². The lowest BCUT2D eigenvalue weighted by Gasteiger charge is -2.32. The molecule has 0 N–H and O–H groups in total. The Hall–Kier alpha value is -3.27. The molecule has 2 aromatic carbocycles. The van der Waals surface area contributed by atoms with Gasteiger partial charge in [0.05, 0.1) is 12.8 Å². The summed E-state index contributed by atoms with van der Waals surface area (Å²) in [7, 11) is 0. The number of fused-ring (bicyclic) bond motifs is 1. The minimum atomic E-state index is 0.109. The maximum absolute atomic E-state index is 13.5. The third-order valence-corrected chi connectivity index (χ3v) is 6.41. The second-order valence-electron chi connectivity index (χ2n) is 8.71. The van der Waals surface area contributed by atoms with E-state index in [1.807, 2.05) is 21.6 Å². The normalized spacial score (nSPS) is 14.9. The molecular formula is C27H28N2O2. The number of amides is 1. The highest BCUT2D eigenvalue weighted by atomic mass is 16.3.